The number of halogens is 3. The van der Waals surface area contributed by atoms with Gasteiger partial charge in [0.05, 0.1) is 14.9 Å². The summed E-state index contributed by atoms with van der Waals surface area (Å²) < 4.78 is 0. The summed E-state index contributed by atoms with van der Waals surface area (Å²) in [5.41, 5.74) is 1.83. The minimum atomic E-state index is 0.0551. The highest BCUT2D eigenvalue weighted by molar-refractivity contribution is 7.99. The molecule has 24 heavy (non-hydrogen) atoms. The highest BCUT2D eigenvalue weighted by atomic mass is 35.5. The molecule has 1 aromatic carbocycles. The largest absolute Gasteiger partial charge is 0.396 e. The summed E-state index contributed by atoms with van der Waals surface area (Å²) in [6, 6.07) is 5.51. The van der Waals surface area contributed by atoms with Gasteiger partial charge in [-0.3, -0.25) is 0 Å². The molecule has 0 fully saturated rings. The lowest BCUT2D eigenvalue weighted by molar-refractivity contribution is 0.299. The summed E-state index contributed by atoms with van der Waals surface area (Å²) in [5.74, 6) is 0.250. The van der Waals surface area contributed by atoms with Gasteiger partial charge < -0.3 is 5.11 Å². The molecule has 0 aliphatic rings. The maximum atomic E-state index is 8.99. The smallest absolute Gasteiger partial charge is 0.155 e. The minimum Gasteiger partial charge on any atom is -0.396 e. The average molecular weight is 408 g/mol. The van der Waals surface area contributed by atoms with Gasteiger partial charge in [0.1, 0.15) is 5.03 Å². The molecule has 0 spiro atoms. The van der Waals surface area contributed by atoms with Gasteiger partial charge in [-0.25, -0.2) is 0 Å². The molecule has 0 aliphatic carbocycles. The minimum absolute atomic E-state index is 0.0551. The van der Waals surface area contributed by atoms with Gasteiger partial charge >= 0.3 is 0 Å². The lowest BCUT2D eigenvalue weighted by atomic mass is 10.1. The van der Waals surface area contributed by atoms with Gasteiger partial charge in [-0.15, -0.1) is 10.2 Å². The Balaban J connectivity index is 0.00000139. The normalized spacial score (nSPS) is 10.5. The van der Waals surface area contributed by atoms with E-state index in [4.69, 9.17) is 39.9 Å². The van der Waals surface area contributed by atoms with E-state index in [-0.39, 0.29) is 12.5 Å². The number of nitrogens with zero attached hydrogens (tertiary/aromatic N) is 2. The van der Waals surface area contributed by atoms with Crippen LogP contribution in [0.1, 0.15) is 44.7 Å². The monoisotopic (exact) mass is 406 g/mol. The Hall–Kier alpha value is -0.520. The van der Waals surface area contributed by atoms with Crippen LogP contribution in [0.15, 0.2) is 28.1 Å². The first kappa shape index (κ1) is 21.5. The summed E-state index contributed by atoms with van der Waals surface area (Å²) in [6.45, 7) is 8.14. The molecule has 0 aliphatic heterocycles. The molecule has 1 heterocycles. The topological polar surface area (TPSA) is 46.0 Å². The van der Waals surface area contributed by atoms with Gasteiger partial charge in [-0.2, -0.15) is 0 Å². The van der Waals surface area contributed by atoms with Crippen LogP contribution in [0.25, 0.3) is 0 Å². The maximum absolute atomic E-state index is 8.99. The summed E-state index contributed by atoms with van der Waals surface area (Å²) in [4.78, 5) is 0.719. The molecule has 0 amide bonds. The summed E-state index contributed by atoms with van der Waals surface area (Å²) in [6.07, 6.45) is 0.517. The molecule has 3 nitrogen and oxygen atoms in total. The third kappa shape index (κ3) is 5.78. The van der Waals surface area contributed by atoms with Gasteiger partial charge in [0.2, 0.25) is 0 Å². The number of benzene rings is 1. The highest BCUT2D eigenvalue weighted by Gasteiger charge is 2.14. The zero-order valence-electron chi connectivity index (χ0n) is 14.1. The molecule has 0 unspecified atom stereocenters. The molecule has 0 radical (unpaired) electrons. The van der Waals surface area contributed by atoms with Gasteiger partial charge in [0, 0.05) is 6.61 Å². The first-order chi connectivity index (χ1) is 11.4. The van der Waals surface area contributed by atoms with Crippen molar-refractivity contribution in [1.29, 1.82) is 0 Å². The third-order valence-electron chi connectivity index (χ3n) is 3.04. The number of rotatable bonds is 5. The first-order valence-corrected chi connectivity index (χ1v) is 9.67. The summed E-state index contributed by atoms with van der Waals surface area (Å²) >= 11 is 20.0. The van der Waals surface area contributed by atoms with Crippen LogP contribution in [0.2, 0.25) is 15.2 Å². The maximum Gasteiger partial charge on any atom is 0.155 e. The fraction of sp³-hybridized carbons (Fsp3) is 0.412. The number of aromatic nitrogens is 2. The Morgan fingerprint density at radius 2 is 1.62 bits per heavy atom. The molecular weight excluding hydrogens is 387 g/mol. The Morgan fingerprint density at radius 3 is 2.12 bits per heavy atom. The van der Waals surface area contributed by atoms with Crippen molar-refractivity contribution in [3.63, 3.8) is 0 Å². The van der Waals surface area contributed by atoms with Crippen molar-refractivity contribution in [3.05, 3.63) is 44.5 Å². The van der Waals surface area contributed by atoms with Gasteiger partial charge in [0.15, 0.2) is 5.15 Å². The van der Waals surface area contributed by atoms with E-state index in [1.54, 1.807) is 12.1 Å². The predicted octanol–water partition coefficient (Wildman–Crippen LogP) is 6.27. The van der Waals surface area contributed by atoms with Crippen LogP contribution in [0.5, 0.6) is 0 Å². The second-order valence-electron chi connectivity index (χ2n) is 5.05. The van der Waals surface area contributed by atoms with E-state index in [2.05, 4.69) is 10.2 Å². The second kappa shape index (κ2) is 10.5. The molecule has 0 saturated carbocycles. The molecule has 2 aromatic rings. The average Bonchev–Trinajstić information content (AvgIpc) is 2.54. The molecule has 0 bridgehead atoms. The van der Waals surface area contributed by atoms with Crippen LogP contribution in [-0.4, -0.2) is 21.9 Å². The van der Waals surface area contributed by atoms with E-state index in [0.717, 1.165) is 16.0 Å². The molecule has 0 atom stereocenters. The third-order valence-corrected chi connectivity index (χ3v) is 5.21. The van der Waals surface area contributed by atoms with E-state index >= 15 is 0 Å². The van der Waals surface area contributed by atoms with Crippen molar-refractivity contribution < 1.29 is 5.11 Å². The quantitative estimate of drug-likeness (QED) is 0.634. The predicted molar refractivity (Wildman–Crippen MR) is 104 cm³/mol. The Bertz CT molecular complexity index is 658. The molecule has 132 valence electrons. The van der Waals surface area contributed by atoms with Crippen molar-refractivity contribution >= 4 is 46.6 Å². The van der Waals surface area contributed by atoms with Crippen molar-refractivity contribution in [2.75, 3.05) is 6.61 Å². The molecule has 0 saturated heterocycles. The van der Waals surface area contributed by atoms with Crippen LogP contribution in [0.3, 0.4) is 0 Å². The number of hydrogen-bond acceptors (Lipinski definition) is 4. The summed E-state index contributed by atoms with van der Waals surface area (Å²) in [5, 5.41) is 19.2. The molecule has 7 heteroatoms. The number of hydrogen-bond donors (Lipinski definition) is 1. The number of aliphatic hydroxyl groups is 1. The van der Waals surface area contributed by atoms with E-state index < -0.39 is 0 Å². The Morgan fingerprint density at radius 1 is 1.04 bits per heavy atom. The van der Waals surface area contributed by atoms with Gasteiger partial charge in [-0.05, 0) is 41.7 Å². The van der Waals surface area contributed by atoms with Crippen LogP contribution in [0, 0.1) is 0 Å². The molecule has 1 N–H and O–H groups in total. The Labute approximate surface area is 162 Å². The zero-order valence-corrected chi connectivity index (χ0v) is 17.2. The SMILES string of the molecule is CC.CC(C)c1cc(Sc2c(Cl)cc(CCO)cc2Cl)nnc1Cl. The fourth-order valence-corrected chi connectivity index (χ4v) is 3.78. The fourth-order valence-electron chi connectivity index (χ4n) is 1.91. The first-order valence-electron chi connectivity index (χ1n) is 7.72. The van der Waals surface area contributed by atoms with Crippen molar-refractivity contribution in [2.45, 2.75) is 50.0 Å². The van der Waals surface area contributed by atoms with E-state index in [1.807, 2.05) is 33.8 Å². The second-order valence-corrected chi connectivity index (χ2v) is 7.25. The van der Waals surface area contributed by atoms with Gasteiger partial charge in [0.25, 0.3) is 0 Å². The standard InChI is InChI=1S/C15H15Cl3N2OS.C2H6/c1-8(2)10-7-13(19-20-15(10)18)22-14-11(16)5-9(3-4-21)6-12(14)17;1-2/h5-8,21H,3-4H2,1-2H3;1-2H3. The Kier molecular flexibility index (Phi) is 9.39. The van der Waals surface area contributed by atoms with Crippen LogP contribution in [0.4, 0.5) is 0 Å². The van der Waals surface area contributed by atoms with E-state index in [0.29, 0.717) is 26.6 Å². The summed E-state index contributed by atoms with van der Waals surface area (Å²) in [7, 11) is 0. The lowest BCUT2D eigenvalue weighted by Gasteiger charge is -2.11. The van der Waals surface area contributed by atoms with Crippen molar-refractivity contribution in [3.8, 4) is 0 Å². The lowest BCUT2D eigenvalue weighted by Crippen LogP contribution is -1.96. The zero-order chi connectivity index (χ0) is 18.3. The highest BCUT2D eigenvalue weighted by Crippen LogP contribution is 2.39. The van der Waals surface area contributed by atoms with Gasteiger partial charge in [-0.1, -0.05) is 74.3 Å². The van der Waals surface area contributed by atoms with Crippen molar-refractivity contribution in [1.82, 2.24) is 10.2 Å². The molecule has 2 rings (SSSR count). The van der Waals surface area contributed by atoms with E-state index in [9.17, 15) is 0 Å². The number of aliphatic hydroxyl groups excluding tert-OH is 1. The molecule has 1 aromatic heterocycles. The van der Waals surface area contributed by atoms with Crippen molar-refractivity contribution in [2.24, 2.45) is 0 Å². The van der Waals surface area contributed by atoms with Crippen LogP contribution < -0.4 is 0 Å². The molecular formula is C17H21Cl3N2OS. The van der Waals surface area contributed by atoms with E-state index in [1.165, 1.54) is 11.8 Å². The van der Waals surface area contributed by atoms with Crippen LogP contribution >= 0.6 is 46.6 Å². The van der Waals surface area contributed by atoms with Crippen LogP contribution in [-0.2, 0) is 6.42 Å².